The van der Waals surface area contributed by atoms with Gasteiger partial charge >= 0.3 is 0 Å². The van der Waals surface area contributed by atoms with Gasteiger partial charge in [0.15, 0.2) is 0 Å². The Morgan fingerprint density at radius 3 is 2.68 bits per heavy atom. The number of aromatic amines is 2. The van der Waals surface area contributed by atoms with Crippen LogP contribution in [0.25, 0.3) is 10.9 Å². The number of hydrogen-bond acceptors (Lipinski definition) is 5. The second-order valence-corrected chi connectivity index (χ2v) is 7.50. The van der Waals surface area contributed by atoms with Crippen molar-refractivity contribution in [2.75, 3.05) is 11.9 Å². The van der Waals surface area contributed by atoms with Crippen molar-refractivity contribution in [1.29, 1.82) is 0 Å². The number of benzene rings is 1. The molecule has 2 aromatic heterocycles. The fourth-order valence-corrected chi connectivity index (χ4v) is 3.96. The molecule has 1 aliphatic rings. The van der Waals surface area contributed by atoms with Gasteiger partial charge in [-0.25, -0.2) is 4.98 Å². The molecule has 1 fully saturated rings. The van der Waals surface area contributed by atoms with E-state index in [1.54, 1.807) is 0 Å². The number of anilines is 1. The first-order chi connectivity index (χ1) is 15.1. The van der Waals surface area contributed by atoms with Crippen molar-refractivity contribution in [2.24, 2.45) is 5.92 Å². The van der Waals surface area contributed by atoms with Crippen molar-refractivity contribution in [3.63, 3.8) is 0 Å². The predicted octanol–water partition coefficient (Wildman–Crippen LogP) is 2.28. The summed E-state index contributed by atoms with van der Waals surface area (Å²) in [6.45, 7) is 0.398. The zero-order valence-corrected chi connectivity index (χ0v) is 17.1. The van der Waals surface area contributed by atoms with E-state index in [1.165, 1.54) is 23.3 Å². The van der Waals surface area contributed by atoms with Crippen molar-refractivity contribution in [1.82, 2.24) is 20.3 Å². The van der Waals surface area contributed by atoms with Gasteiger partial charge in [-0.15, -0.1) is 0 Å². The highest BCUT2D eigenvalue weighted by molar-refractivity contribution is 5.83. The van der Waals surface area contributed by atoms with Crippen molar-refractivity contribution >= 4 is 29.1 Å². The Balaban J connectivity index is 0.000000858. The number of hydrogen-bond donors (Lipinski definition) is 5. The number of fused-ring (bicyclic) bond motifs is 1. The van der Waals surface area contributed by atoms with E-state index in [9.17, 15) is 9.59 Å². The summed E-state index contributed by atoms with van der Waals surface area (Å²) in [6, 6.07) is 9.93. The molecule has 0 saturated heterocycles. The largest absolute Gasteiger partial charge is 0.483 e. The number of rotatable bonds is 6. The molecular formula is C22H27N5O4. The highest BCUT2D eigenvalue weighted by atomic mass is 16.3. The van der Waals surface area contributed by atoms with Crippen LogP contribution in [0.3, 0.4) is 0 Å². The minimum Gasteiger partial charge on any atom is -0.483 e. The lowest BCUT2D eigenvalue weighted by atomic mass is 9.85. The van der Waals surface area contributed by atoms with Crippen LogP contribution in [0.15, 0.2) is 47.7 Å². The Bertz CT molecular complexity index is 1050. The highest BCUT2D eigenvalue weighted by Crippen LogP contribution is 2.26. The fraction of sp³-hybridized carbons (Fsp3) is 0.364. The molecule has 5 N–H and O–H groups in total. The van der Waals surface area contributed by atoms with E-state index in [0.29, 0.717) is 12.4 Å². The Hall–Kier alpha value is -3.62. The summed E-state index contributed by atoms with van der Waals surface area (Å²) in [4.78, 5) is 42.1. The van der Waals surface area contributed by atoms with Crippen LogP contribution in [0, 0.1) is 5.92 Å². The lowest BCUT2D eigenvalue weighted by molar-refractivity contribution is -0.126. The molecule has 1 amide bonds. The number of carbonyl (C=O) groups is 2. The van der Waals surface area contributed by atoms with Gasteiger partial charge in [-0.1, -0.05) is 18.2 Å². The van der Waals surface area contributed by atoms with Crippen molar-refractivity contribution in [3.05, 3.63) is 58.8 Å². The van der Waals surface area contributed by atoms with Crippen LogP contribution in [0.1, 0.15) is 31.2 Å². The average molecular weight is 425 g/mol. The molecule has 164 valence electrons. The first kappa shape index (κ1) is 22.1. The SMILES string of the molecule is O=C(NCCc1c[nH]c2ccccc12)C1CCC(Nc2cc(=O)[nH]cn2)CC1.O=CO. The smallest absolute Gasteiger partial charge is 0.290 e. The van der Waals surface area contributed by atoms with Crippen LogP contribution in [-0.4, -0.2) is 45.0 Å². The van der Waals surface area contributed by atoms with Gasteiger partial charge in [0.25, 0.3) is 12.0 Å². The molecule has 2 heterocycles. The zero-order chi connectivity index (χ0) is 22.1. The van der Waals surface area contributed by atoms with Gasteiger partial charge in [0.05, 0.1) is 6.33 Å². The van der Waals surface area contributed by atoms with Crippen molar-refractivity contribution < 1.29 is 14.7 Å². The van der Waals surface area contributed by atoms with Crippen LogP contribution in [0.4, 0.5) is 5.82 Å². The minimum absolute atomic E-state index is 0.0631. The summed E-state index contributed by atoms with van der Waals surface area (Å²) in [5, 5.41) is 14.5. The molecule has 0 spiro atoms. The molecule has 9 heteroatoms. The third-order valence-corrected chi connectivity index (χ3v) is 5.50. The van der Waals surface area contributed by atoms with E-state index in [2.05, 4.69) is 37.7 Å². The predicted molar refractivity (Wildman–Crippen MR) is 118 cm³/mol. The maximum Gasteiger partial charge on any atom is 0.290 e. The van der Waals surface area contributed by atoms with Crippen LogP contribution in [0.2, 0.25) is 0 Å². The van der Waals surface area contributed by atoms with Crippen LogP contribution < -0.4 is 16.2 Å². The molecule has 1 aliphatic carbocycles. The van der Waals surface area contributed by atoms with Gasteiger partial charge in [0.2, 0.25) is 5.91 Å². The third-order valence-electron chi connectivity index (χ3n) is 5.50. The molecule has 9 nitrogen and oxygen atoms in total. The normalized spacial score (nSPS) is 17.9. The average Bonchev–Trinajstić information content (AvgIpc) is 3.18. The van der Waals surface area contributed by atoms with Gasteiger partial charge in [-0.05, 0) is 43.7 Å². The van der Waals surface area contributed by atoms with Crippen molar-refractivity contribution in [2.45, 2.75) is 38.1 Å². The molecule has 3 aromatic rings. The molecule has 1 aromatic carbocycles. The second kappa shape index (κ2) is 11.0. The summed E-state index contributed by atoms with van der Waals surface area (Å²) < 4.78 is 0. The first-order valence-electron chi connectivity index (χ1n) is 10.3. The van der Waals surface area contributed by atoms with Crippen LogP contribution >= 0.6 is 0 Å². The van der Waals surface area contributed by atoms with E-state index in [0.717, 1.165) is 37.6 Å². The molecule has 0 bridgehead atoms. The molecule has 31 heavy (non-hydrogen) atoms. The maximum absolute atomic E-state index is 12.5. The molecule has 0 unspecified atom stereocenters. The molecular weight excluding hydrogens is 398 g/mol. The Morgan fingerprint density at radius 1 is 1.19 bits per heavy atom. The number of H-pyrrole nitrogens is 2. The second-order valence-electron chi connectivity index (χ2n) is 7.50. The van der Waals surface area contributed by atoms with Gasteiger partial charge in [0, 0.05) is 41.7 Å². The Kier molecular flexibility index (Phi) is 7.80. The van der Waals surface area contributed by atoms with E-state index in [1.807, 2.05) is 18.3 Å². The Morgan fingerprint density at radius 2 is 1.94 bits per heavy atom. The maximum atomic E-state index is 12.5. The Labute approximate surface area is 179 Å². The quantitative estimate of drug-likeness (QED) is 0.384. The third kappa shape index (κ3) is 6.18. The van der Waals surface area contributed by atoms with E-state index in [4.69, 9.17) is 9.90 Å². The number of carbonyl (C=O) groups excluding carboxylic acids is 1. The summed E-state index contributed by atoms with van der Waals surface area (Å²) in [6.07, 6.45) is 7.73. The number of aromatic nitrogens is 3. The molecule has 0 aliphatic heterocycles. The number of amides is 1. The summed E-state index contributed by atoms with van der Waals surface area (Å²) in [7, 11) is 0. The summed E-state index contributed by atoms with van der Waals surface area (Å²) in [5.74, 6) is 0.802. The first-order valence-corrected chi connectivity index (χ1v) is 10.3. The standard InChI is InChI=1S/C21H25N5O2.CH2O2/c27-20-11-19(24-13-25-20)26-16-7-5-14(6-8-16)21(28)22-10-9-15-12-23-18-4-2-1-3-17(15)18;2-1-3/h1-4,11-14,16,23H,5-10H2,(H,22,28)(H2,24,25,26,27);1H,(H,2,3). The number of carboxylic acid groups (broad SMARTS) is 1. The lowest BCUT2D eigenvalue weighted by Gasteiger charge is -2.28. The molecule has 1 saturated carbocycles. The van der Waals surface area contributed by atoms with E-state index >= 15 is 0 Å². The fourth-order valence-electron chi connectivity index (χ4n) is 3.96. The van der Waals surface area contributed by atoms with Crippen LogP contribution in [-0.2, 0) is 16.0 Å². The van der Waals surface area contributed by atoms with Gasteiger partial charge in [0.1, 0.15) is 5.82 Å². The van der Waals surface area contributed by atoms with Gasteiger partial charge in [-0.3, -0.25) is 14.4 Å². The number of nitrogens with zero attached hydrogens (tertiary/aromatic N) is 1. The molecule has 0 atom stereocenters. The van der Waals surface area contributed by atoms with E-state index in [-0.39, 0.29) is 29.9 Å². The summed E-state index contributed by atoms with van der Waals surface area (Å²) in [5.41, 5.74) is 2.19. The van der Waals surface area contributed by atoms with Crippen molar-refractivity contribution in [3.8, 4) is 0 Å². The van der Waals surface area contributed by atoms with E-state index < -0.39 is 0 Å². The van der Waals surface area contributed by atoms with Gasteiger partial charge in [-0.2, -0.15) is 0 Å². The summed E-state index contributed by atoms with van der Waals surface area (Å²) >= 11 is 0. The molecule has 4 rings (SSSR count). The number of nitrogens with one attached hydrogen (secondary N) is 4. The monoisotopic (exact) mass is 425 g/mol. The minimum atomic E-state index is -0.250. The van der Waals surface area contributed by atoms with Gasteiger partial charge < -0.3 is 25.7 Å². The zero-order valence-electron chi connectivity index (χ0n) is 17.1. The topological polar surface area (TPSA) is 140 Å². The number of para-hydroxylation sites is 1. The molecule has 0 radical (unpaired) electrons. The van der Waals surface area contributed by atoms with Crippen LogP contribution in [0.5, 0.6) is 0 Å². The highest BCUT2D eigenvalue weighted by Gasteiger charge is 2.26. The lowest BCUT2D eigenvalue weighted by Crippen LogP contribution is -2.36.